The molecule has 1 aromatic heterocycles. The van der Waals surface area contributed by atoms with Gasteiger partial charge in [-0.2, -0.15) is 0 Å². The Morgan fingerprint density at radius 1 is 1.30 bits per heavy atom. The van der Waals surface area contributed by atoms with Crippen LogP contribution in [0.1, 0.15) is 56.7 Å². The number of hydrogen-bond donors (Lipinski definition) is 0. The predicted octanol–water partition coefficient (Wildman–Crippen LogP) is 4.38. The summed E-state index contributed by atoms with van der Waals surface area (Å²) in [5.41, 5.74) is 1.44. The lowest BCUT2D eigenvalue weighted by molar-refractivity contribution is -0.0592. The highest BCUT2D eigenvalue weighted by Gasteiger charge is 2.30. The van der Waals surface area contributed by atoms with Gasteiger partial charge in [0.15, 0.2) is 5.76 Å². The standard InChI is InChI=1S/C23H34N2O4S/c1-7-15(2)10-11-24(6)30(27)19-8-9-21-20(12-19)18(5)22(29-21)23(26)25-13-16(3)28-17(4)14-25/h8-9,12,15-17H,7,10-11,13-14H2,1-6H3. The van der Waals surface area contributed by atoms with Crippen LogP contribution in [0.5, 0.6) is 0 Å². The van der Waals surface area contributed by atoms with Crippen molar-refractivity contribution >= 4 is 27.9 Å². The zero-order valence-corrected chi connectivity index (χ0v) is 19.8. The average molecular weight is 435 g/mol. The van der Waals surface area contributed by atoms with Crippen LogP contribution in [0.4, 0.5) is 0 Å². The molecule has 7 heteroatoms. The first-order chi connectivity index (χ1) is 14.2. The van der Waals surface area contributed by atoms with Crippen molar-refractivity contribution in [1.82, 2.24) is 9.21 Å². The van der Waals surface area contributed by atoms with Crippen LogP contribution in [-0.4, -0.2) is 58.2 Å². The first-order valence-corrected chi connectivity index (χ1v) is 11.9. The van der Waals surface area contributed by atoms with Crippen LogP contribution in [0.3, 0.4) is 0 Å². The molecule has 1 aromatic carbocycles. The summed E-state index contributed by atoms with van der Waals surface area (Å²) in [6, 6.07) is 5.54. The maximum absolute atomic E-state index is 13.1. The summed E-state index contributed by atoms with van der Waals surface area (Å²) in [5, 5.41) is 0.842. The Hall–Kier alpha value is -1.70. The maximum atomic E-state index is 13.1. The van der Waals surface area contributed by atoms with E-state index < -0.39 is 11.0 Å². The minimum absolute atomic E-state index is 0.00220. The van der Waals surface area contributed by atoms with Crippen molar-refractivity contribution < 1.29 is 18.2 Å². The minimum atomic E-state index is -1.25. The molecular weight excluding hydrogens is 400 g/mol. The van der Waals surface area contributed by atoms with Crippen LogP contribution >= 0.6 is 0 Å². The molecule has 166 valence electrons. The molecular formula is C23H34N2O4S. The quantitative estimate of drug-likeness (QED) is 0.649. The van der Waals surface area contributed by atoms with E-state index in [9.17, 15) is 9.00 Å². The second-order valence-corrected chi connectivity index (χ2v) is 10.2. The molecule has 0 N–H and O–H groups in total. The Morgan fingerprint density at radius 2 is 1.97 bits per heavy atom. The summed E-state index contributed by atoms with van der Waals surface area (Å²) in [4.78, 5) is 15.6. The molecule has 1 amide bonds. The highest BCUT2D eigenvalue weighted by molar-refractivity contribution is 7.82. The van der Waals surface area contributed by atoms with Crippen LogP contribution in [0.2, 0.25) is 0 Å². The van der Waals surface area contributed by atoms with Crippen molar-refractivity contribution in [1.29, 1.82) is 0 Å². The van der Waals surface area contributed by atoms with Gasteiger partial charge in [0.05, 0.1) is 17.1 Å². The van der Waals surface area contributed by atoms with E-state index in [0.717, 1.165) is 35.2 Å². The van der Waals surface area contributed by atoms with Crippen molar-refractivity contribution in [2.45, 2.75) is 64.6 Å². The molecule has 0 radical (unpaired) electrons. The molecule has 1 aliphatic rings. The fourth-order valence-corrected chi connectivity index (χ4v) is 4.90. The number of aryl methyl sites for hydroxylation is 1. The highest BCUT2D eigenvalue weighted by atomic mass is 32.2. The average Bonchev–Trinajstić information content (AvgIpc) is 3.05. The molecule has 2 aromatic rings. The number of amides is 1. The van der Waals surface area contributed by atoms with Gasteiger partial charge >= 0.3 is 0 Å². The van der Waals surface area contributed by atoms with Crippen molar-refractivity contribution in [2.24, 2.45) is 5.92 Å². The molecule has 30 heavy (non-hydrogen) atoms. The molecule has 1 saturated heterocycles. The summed E-state index contributed by atoms with van der Waals surface area (Å²) >= 11 is 0. The number of morpholine rings is 1. The molecule has 0 bridgehead atoms. The number of rotatable bonds is 7. The van der Waals surface area contributed by atoms with Gasteiger partial charge in [-0.25, -0.2) is 8.51 Å². The van der Waals surface area contributed by atoms with Gasteiger partial charge in [0, 0.05) is 37.6 Å². The first-order valence-electron chi connectivity index (χ1n) is 10.8. The van der Waals surface area contributed by atoms with Crippen molar-refractivity contribution in [3.8, 4) is 0 Å². The molecule has 2 heterocycles. The third kappa shape index (κ3) is 4.95. The molecule has 3 rings (SSSR count). The van der Waals surface area contributed by atoms with Gasteiger partial charge in [-0.05, 0) is 51.3 Å². The first kappa shape index (κ1) is 23.0. The number of nitrogens with zero attached hydrogens (tertiary/aromatic N) is 2. The number of benzene rings is 1. The SMILES string of the molecule is CCC(C)CCN(C)S(=O)c1ccc2oc(C(=O)N3CC(C)OC(C)C3)c(C)c2c1. The third-order valence-electron chi connectivity index (χ3n) is 5.93. The molecule has 1 fully saturated rings. The van der Waals surface area contributed by atoms with Crippen molar-refractivity contribution in [3.05, 3.63) is 29.5 Å². The zero-order valence-electron chi connectivity index (χ0n) is 18.9. The predicted molar refractivity (Wildman–Crippen MR) is 120 cm³/mol. The molecule has 1 aliphatic heterocycles. The van der Waals surface area contributed by atoms with Gasteiger partial charge in [-0.1, -0.05) is 20.3 Å². The van der Waals surface area contributed by atoms with Gasteiger partial charge in [0.1, 0.15) is 16.6 Å². The van der Waals surface area contributed by atoms with E-state index in [1.807, 2.05) is 50.3 Å². The van der Waals surface area contributed by atoms with E-state index >= 15 is 0 Å². The summed E-state index contributed by atoms with van der Waals surface area (Å²) in [6.45, 7) is 12.1. The lowest BCUT2D eigenvalue weighted by atomic mass is 10.1. The number of fused-ring (bicyclic) bond motifs is 1. The van der Waals surface area contributed by atoms with Crippen LogP contribution in [0.25, 0.3) is 11.0 Å². The number of hydrogen-bond acceptors (Lipinski definition) is 4. The summed E-state index contributed by atoms with van der Waals surface area (Å²) in [7, 11) is 0.643. The number of carbonyl (C=O) groups excluding carboxylic acids is 1. The van der Waals surface area contributed by atoms with Gasteiger partial charge < -0.3 is 14.1 Å². The lowest BCUT2D eigenvalue weighted by Gasteiger charge is -2.34. The molecule has 0 spiro atoms. The van der Waals surface area contributed by atoms with E-state index in [1.54, 1.807) is 4.90 Å². The monoisotopic (exact) mass is 434 g/mol. The summed E-state index contributed by atoms with van der Waals surface area (Å²) < 4.78 is 26.5. The molecule has 6 nitrogen and oxygen atoms in total. The Labute approximate surface area is 182 Å². The normalized spacial score (nSPS) is 21.9. The number of ether oxygens (including phenoxy) is 1. The Bertz CT molecular complexity index is 915. The number of carbonyl (C=O) groups is 1. The Morgan fingerprint density at radius 3 is 2.60 bits per heavy atom. The van der Waals surface area contributed by atoms with Gasteiger partial charge in [0.25, 0.3) is 5.91 Å². The van der Waals surface area contributed by atoms with Gasteiger partial charge in [-0.15, -0.1) is 0 Å². The zero-order chi connectivity index (χ0) is 22.0. The third-order valence-corrected chi connectivity index (χ3v) is 7.33. The Kier molecular flexibility index (Phi) is 7.37. The van der Waals surface area contributed by atoms with E-state index in [-0.39, 0.29) is 18.1 Å². The van der Waals surface area contributed by atoms with Crippen LogP contribution in [0.15, 0.2) is 27.5 Å². The fourth-order valence-electron chi connectivity index (χ4n) is 3.87. The number of furan rings is 1. The topological polar surface area (TPSA) is 63.0 Å². The van der Waals surface area contributed by atoms with Gasteiger partial charge in [0.2, 0.25) is 0 Å². The molecule has 4 unspecified atom stereocenters. The maximum Gasteiger partial charge on any atom is 0.290 e. The smallest absolute Gasteiger partial charge is 0.290 e. The van der Waals surface area contributed by atoms with Crippen LogP contribution in [-0.2, 0) is 15.7 Å². The van der Waals surface area contributed by atoms with E-state index in [1.165, 1.54) is 0 Å². The van der Waals surface area contributed by atoms with Crippen LogP contribution in [0, 0.1) is 12.8 Å². The minimum Gasteiger partial charge on any atom is -0.451 e. The molecule has 0 saturated carbocycles. The largest absolute Gasteiger partial charge is 0.451 e. The molecule has 0 aliphatic carbocycles. The second kappa shape index (κ2) is 9.62. The lowest BCUT2D eigenvalue weighted by Crippen LogP contribution is -2.48. The van der Waals surface area contributed by atoms with Crippen molar-refractivity contribution in [3.63, 3.8) is 0 Å². The summed E-state index contributed by atoms with van der Waals surface area (Å²) in [5.74, 6) is 0.862. The Balaban J connectivity index is 1.81. The second-order valence-electron chi connectivity index (χ2n) is 8.58. The van der Waals surface area contributed by atoms with E-state index in [2.05, 4.69) is 13.8 Å². The fraction of sp³-hybridized carbons (Fsp3) is 0.609. The summed E-state index contributed by atoms with van der Waals surface area (Å²) in [6.07, 6.45) is 2.14. The van der Waals surface area contributed by atoms with Crippen molar-refractivity contribution in [2.75, 3.05) is 26.7 Å². The van der Waals surface area contributed by atoms with Gasteiger partial charge in [-0.3, -0.25) is 4.79 Å². The molecule has 4 atom stereocenters. The van der Waals surface area contributed by atoms with E-state index in [4.69, 9.17) is 9.15 Å². The highest BCUT2D eigenvalue weighted by Crippen LogP contribution is 2.29. The van der Waals surface area contributed by atoms with E-state index in [0.29, 0.717) is 30.4 Å². The van der Waals surface area contributed by atoms with Crippen LogP contribution < -0.4 is 0 Å².